The number of ether oxygens (including phenoxy) is 1. The molecule has 4 nitrogen and oxygen atoms in total. The van der Waals surface area contributed by atoms with Crippen LogP contribution in [0, 0.1) is 0 Å². The fourth-order valence-electron chi connectivity index (χ4n) is 8.96. The van der Waals surface area contributed by atoms with E-state index >= 15 is 0 Å². The van der Waals surface area contributed by atoms with Crippen molar-refractivity contribution < 1.29 is 9.15 Å². The van der Waals surface area contributed by atoms with Gasteiger partial charge in [0.25, 0.3) is 0 Å². The van der Waals surface area contributed by atoms with E-state index in [1.165, 1.54) is 44.6 Å². The van der Waals surface area contributed by atoms with Gasteiger partial charge in [0.15, 0.2) is 11.3 Å². The Morgan fingerprint density at radius 2 is 1.63 bits per heavy atom. The zero-order chi connectivity index (χ0) is 34.8. The molecular formula is C48H42N2O2. The van der Waals surface area contributed by atoms with Gasteiger partial charge in [-0.15, -0.1) is 0 Å². The first kappa shape index (κ1) is 31.0. The lowest BCUT2D eigenvalue weighted by atomic mass is 9.86. The number of benzene rings is 4. The Bertz CT molecular complexity index is 2520. The van der Waals surface area contributed by atoms with Gasteiger partial charge < -0.3 is 19.0 Å². The van der Waals surface area contributed by atoms with Crippen molar-refractivity contribution >= 4 is 44.1 Å². The minimum absolute atomic E-state index is 0.0908. The van der Waals surface area contributed by atoms with Crippen LogP contribution >= 0.6 is 0 Å². The summed E-state index contributed by atoms with van der Waals surface area (Å²) in [6.07, 6.45) is 30.4. The Balaban J connectivity index is 1.09. The second kappa shape index (κ2) is 12.5. The molecule has 4 aromatic carbocycles. The van der Waals surface area contributed by atoms with Gasteiger partial charge in [-0.3, -0.25) is 0 Å². The van der Waals surface area contributed by atoms with Gasteiger partial charge in [-0.1, -0.05) is 96.1 Å². The van der Waals surface area contributed by atoms with E-state index in [0.717, 1.165) is 71.2 Å². The summed E-state index contributed by atoms with van der Waals surface area (Å²) in [6, 6.07) is 26.5. The summed E-state index contributed by atoms with van der Waals surface area (Å²) >= 11 is 0. The number of para-hydroxylation sites is 1. The summed E-state index contributed by atoms with van der Waals surface area (Å²) in [4.78, 5) is 4.89. The normalized spacial score (nSPS) is 22.0. The molecule has 0 N–H and O–H groups in total. The van der Waals surface area contributed by atoms with E-state index in [9.17, 15) is 0 Å². The van der Waals surface area contributed by atoms with Crippen LogP contribution in [-0.4, -0.2) is 12.1 Å². The fraction of sp³-hybridized carbons (Fsp3) is 0.208. The number of allylic oxidation sites excluding steroid dienone is 10. The minimum Gasteiger partial charge on any atom is -0.481 e. The van der Waals surface area contributed by atoms with E-state index in [2.05, 4.69) is 163 Å². The molecule has 0 spiro atoms. The van der Waals surface area contributed by atoms with Crippen LogP contribution in [-0.2, 0) is 0 Å². The first-order valence-corrected chi connectivity index (χ1v) is 18.8. The van der Waals surface area contributed by atoms with Crippen molar-refractivity contribution in [1.82, 2.24) is 0 Å². The number of hydrogen-bond acceptors (Lipinski definition) is 4. The predicted octanol–water partition coefficient (Wildman–Crippen LogP) is 12.5. The molecule has 0 fully saturated rings. The number of furan rings is 1. The van der Waals surface area contributed by atoms with Crippen LogP contribution in [0.15, 0.2) is 172 Å². The van der Waals surface area contributed by atoms with Gasteiger partial charge in [-0.05, 0) is 105 Å². The monoisotopic (exact) mass is 678 g/mol. The maximum atomic E-state index is 7.04. The smallest absolute Gasteiger partial charge is 0.178 e. The third kappa shape index (κ3) is 5.11. The third-order valence-corrected chi connectivity index (χ3v) is 11.3. The van der Waals surface area contributed by atoms with E-state index in [1.807, 2.05) is 0 Å². The summed E-state index contributed by atoms with van der Waals surface area (Å²) in [6.45, 7) is 4.42. The summed E-state index contributed by atoms with van der Waals surface area (Å²) in [5.41, 5.74) is 11.7. The average molecular weight is 679 g/mol. The maximum absolute atomic E-state index is 7.04. The van der Waals surface area contributed by atoms with Gasteiger partial charge in [0.1, 0.15) is 11.7 Å². The highest BCUT2D eigenvalue weighted by atomic mass is 16.5. The Labute approximate surface area is 305 Å². The lowest BCUT2D eigenvalue weighted by molar-refractivity contribution is 0.267. The summed E-state index contributed by atoms with van der Waals surface area (Å²) in [7, 11) is 0. The molecular weight excluding hydrogens is 637 g/mol. The van der Waals surface area contributed by atoms with Gasteiger partial charge in [-0.25, -0.2) is 0 Å². The van der Waals surface area contributed by atoms with Crippen molar-refractivity contribution in [2.24, 2.45) is 0 Å². The zero-order valence-corrected chi connectivity index (χ0v) is 29.8. The molecule has 256 valence electrons. The molecule has 5 aliphatic rings. The van der Waals surface area contributed by atoms with E-state index in [4.69, 9.17) is 9.15 Å². The molecule has 52 heavy (non-hydrogen) atoms. The molecule has 4 aliphatic carbocycles. The molecule has 0 radical (unpaired) electrons. The number of hydrogen-bond donors (Lipinski definition) is 0. The van der Waals surface area contributed by atoms with Crippen LogP contribution in [0.5, 0.6) is 5.75 Å². The van der Waals surface area contributed by atoms with Gasteiger partial charge in [0.2, 0.25) is 0 Å². The summed E-state index contributed by atoms with van der Waals surface area (Å²) < 4.78 is 14.0. The Kier molecular flexibility index (Phi) is 7.45. The van der Waals surface area contributed by atoms with Crippen LogP contribution in [0.3, 0.4) is 0 Å². The molecule has 0 saturated heterocycles. The summed E-state index contributed by atoms with van der Waals surface area (Å²) in [5.74, 6) is 0.963. The van der Waals surface area contributed by atoms with Crippen LogP contribution < -0.4 is 14.5 Å². The van der Waals surface area contributed by atoms with Crippen molar-refractivity contribution in [3.05, 3.63) is 173 Å². The van der Waals surface area contributed by atoms with E-state index in [0.29, 0.717) is 0 Å². The second-order valence-electron chi connectivity index (χ2n) is 14.8. The van der Waals surface area contributed by atoms with Gasteiger partial charge in [0, 0.05) is 56.8 Å². The number of anilines is 2. The van der Waals surface area contributed by atoms with Crippen molar-refractivity contribution in [1.29, 1.82) is 0 Å². The van der Waals surface area contributed by atoms with Gasteiger partial charge in [0.05, 0.1) is 6.04 Å². The Hall–Kier alpha value is -5.74. The maximum Gasteiger partial charge on any atom is 0.178 e. The highest BCUT2D eigenvalue weighted by Gasteiger charge is 2.39. The molecule has 4 heteroatoms. The number of fused-ring (bicyclic) bond motifs is 10. The predicted molar refractivity (Wildman–Crippen MR) is 216 cm³/mol. The quantitative estimate of drug-likeness (QED) is 0.179. The lowest BCUT2D eigenvalue weighted by Gasteiger charge is -2.36. The molecule has 1 aromatic heterocycles. The highest BCUT2D eigenvalue weighted by molar-refractivity contribution is 6.22. The van der Waals surface area contributed by atoms with Crippen LogP contribution in [0.1, 0.15) is 57.4 Å². The molecule has 3 atom stereocenters. The van der Waals surface area contributed by atoms with Crippen LogP contribution in [0.25, 0.3) is 32.7 Å². The van der Waals surface area contributed by atoms with E-state index in [-0.39, 0.29) is 18.1 Å². The lowest BCUT2D eigenvalue weighted by Crippen LogP contribution is -2.35. The molecule has 5 aromatic rings. The number of rotatable bonds is 6. The molecule has 0 bridgehead atoms. The number of nitrogens with zero attached hydrogens (tertiary/aromatic N) is 2. The average Bonchev–Trinajstić information content (AvgIpc) is 3.75. The zero-order valence-electron chi connectivity index (χ0n) is 29.8. The van der Waals surface area contributed by atoms with Gasteiger partial charge >= 0.3 is 0 Å². The standard InChI is InChI=1S/C48H42N2O2/c1-31-13-11-19-35(27-31)49(33-15-5-3-6-16-33)37-23-25-41-43(29-37)51-47-45(41)39-21-9-10-22-40(39)46-42-26-24-38(30-44(42)52-48(46)47)50(34-17-7-4-8-18-34)36-20-12-14-32(2)28-36/h3,5-7,9-11,13-19,21-26,28-30,35,41,43H,4,8,12,20,27H2,1-2H3. The topological polar surface area (TPSA) is 28.9 Å². The van der Waals surface area contributed by atoms with Crippen molar-refractivity contribution in [3.8, 4) is 5.75 Å². The van der Waals surface area contributed by atoms with E-state index in [1.54, 1.807) is 0 Å². The fourth-order valence-corrected chi connectivity index (χ4v) is 8.96. The largest absolute Gasteiger partial charge is 0.481 e. The second-order valence-corrected chi connectivity index (χ2v) is 14.8. The van der Waals surface area contributed by atoms with Crippen molar-refractivity contribution in [2.45, 2.75) is 64.0 Å². The molecule has 0 saturated carbocycles. The molecule has 3 unspecified atom stereocenters. The van der Waals surface area contributed by atoms with Gasteiger partial charge in [-0.2, -0.15) is 0 Å². The molecule has 1 aliphatic heterocycles. The first-order valence-electron chi connectivity index (χ1n) is 18.8. The Morgan fingerprint density at radius 3 is 2.46 bits per heavy atom. The Morgan fingerprint density at radius 1 is 0.769 bits per heavy atom. The highest BCUT2D eigenvalue weighted by Crippen LogP contribution is 2.53. The van der Waals surface area contributed by atoms with Crippen molar-refractivity contribution in [3.63, 3.8) is 0 Å². The molecule has 0 amide bonds. The third-order valence-electron chi connectivity index (χ3n) is 11.3. The summed E-state index contributed by atoms with van der Waals surface area (Å²) in [5, 5.41) is 4.69. The molecule has 2 heterocycles. The minimum atomic E-state index is -0.141. The van der Waals surface area contributed by atoms with Crippen LogP contribution in [0.4, 0.5) is 11.4 Å². The molecule has 10 rings (SSSR count). The first-order chi connectivity index (χ1) is 25.6. The SMILES string of the molecule is CC1=CCCC(N(C2=CCCC=C2)c2ccc3c(c2)oc2c4c(c5ccccc5c23)C2C=CC(N(c3ccccc3)C3C=CC=C(C)C3)=CC2O4)=C1. The van der Waals surface area contributed by atoms with Crippen LogP contribution in [0.2, 0.25) is 0 Å². The van der Waals surface area contributed by atoms with E-state index < -0.39 is 0 Å². The van der Waals surface area contributed by atoms with Crippen molar-refractivity contribution in [2.75, 3.05) is 9.80 Å².